The normalized spacial score (nSPS) is 57.5. The minimum atomic E-state index is -0.726. The predicted octanol–water partition coefficient (Wildman–Crippen LogP) is 6.35. The smallest absolute Gasteiger partial charge is 0.0856 e. The highest BCUT2D eigenvalue weighted by atomic mass is 16.5. The van der Waals surface area contributed by atoms with Gasteiger partial charge < -0.3 is 14.9 Å². The van der Waals surface area contributed by atoms with Gasteiger partial charge in [-0.2, -0.15) is 0 Å². The van der Waals surface area contributed by atoms with Crippen LogP contribution in [0.4, 0.5) is 0 Å². The van der Waals surface area contributed by atoms with Crippen LogP contribution in [0.3, 0.4) is 0 Å². The van der Waals surface area contributed by atoms with Gasteiger partial charge in [0.2, 0.25) is 0 Å². The maximum atomic E-state index is 10.9. The van der Waals surface area contributed by atoms with Crippen molar-refractivity contribution in [3.05, 3.63) is 0 Å². The average Bonchev–Trinajstić information content (AvgIpc) is 3.33. The van der Waals surface area contributed by atoms with E-state index in [1.165, 1.54) is 57.8 Å². The van der Waals surface area contributed by atoms with Crippen LogP contribution in [0.5, 0.6) is 0 Å². The van der Waals surface area contributed by atoms with Crippen molar-refractivity contribution in [1.29, 1.82) is 0 Å². The molecule has 6 aliphatic rings. The van der Waals surface area contributed by atoms with Crippen molar-refractivity contribution in [2.24, 2.45) is 50.7 Å². The minimum absolute atomic E-state index is 0.00410. The van der Waals surface area contributed by atoms with Gasteiger partial charge in [0.05, 0.1) is 24.4 Å². The molecule has 0 aromatic heterocycles. The average molecular weight is 459 g/mol. The summed E-state index contributed by atoms with van der Waals surface area (Å²) < 4.78 is 6.29. The largest absolute Gasteiger partial charge is 0.393 e. The van der Waals surface area contributed by atoms with Crippen LogP contribution in [0.2, 0.25) is 0 Å². The second kappa shape index (κ2) is 6.80. The molecule has 5 saturated carbocycles. The van der Waals surface area contributed by atoms with Crippen LogP contribution in [-0.2, 0) is 4.74 Å². The van der Waals surface area contributed by atoms with Gasteiger partial charge in [0.15, 0.2) is 0 Å². The van der Waals surface area contributed by atoms with Crippen LogP contribution in [0, 0.1) is 50.7 Å². The van der Waals surface area contributed by atoms with Crippen LogP contribution in [-0.4, -0.2) is 34.6 Å². The van der Waals surface area contributed by atoms with Crippen molar-refractivity contribution in [2.75, 3.05) is 6.61 Å². The summed E-state index contributed by atoms with van der Waals surface area (Å²) in [5.74, 6) is 3.04. The summed E-state index contributed by atoms with van der Waals surface area (Å²) in [5.41, 5.74) is 1.36. The number of aliphatic hydroxyl groups is 2. The van der Waals surface area contributed by atoms with Gasteiger partial charge in [-0.1, -0.05) is 27.7 Å². The fourth-order valence-corrected chi connectivity index (χ4v) is 11.8. The molecule has 3 heteroatoms. The van der Waals surface area contributed by atoms with Gasteiger partial charge in [-0.3, -0.25) is 0 Å². The van der Waals surface area contributed by atoms with E-state index in [4.69, 9.17) is 4.74 Å². The van der Waals surface area contributed by atoms with E-state index in [9.17, 15) is 10.2 Å². The Morgan fingerprint density at radius 2 is 1.45 bits per heavy atom. The Bertz CT molecular complexity index is 806. The lowest BCUT2D eigenvalue weighted by Crippen LogP contribution is -2.58. The summed E-state index contributed by atoms with van der Waals surface area (Å²) in [6, 6.07) is 0. The Kier molecular flexibility index (Phi) is 4.80. The third-order valence-corrected chi connectivity index (χ3v) is 13.8. The van der Waals surface area contributed by atoms with Gasteiger partial charge in [-0.15, -0.1) is 0 Å². The molecular formula is C30H50O3. The van der Waals surface area contributed by atoms with Crippen molar-refractivity contribution in [3.63, 3.8) is 0 Å². The second-order valence-corrected chi connectivity index (χ2v) is 15.3. The summed E-state index contributed by atoms with van der Waals surface area (Å²) in [6.45, 7) is 14.8. The zero-order valence-electron chi connectivity index (χ0n) is 22.3. The van der Waals surface area contributed by atoms with E-state index >= 15 is 0 Å². The zero-order valence-corrected chi connectivity index (χ0v) is 22.3. The fourth-order valence-electron chi connectivity index (χ4n) is 11.8. The molecule has 0 aromatic carbocycles. The molecule has 1 aliphatic heterocycles. The SMILES string of the molecule is CC(C)(O)C1CC[C@H]([C@H]2CC[C@@]3(C)[C@@H]4CC[C@H]5C(C)(C)C(O)CC[C@@]56C[C@@]46CC[C@]23C)CO1. The van der Waals surface area contributed by atoms with E-state index in [2.05, 4.69) is 27.7 Å². The molecule has 6 rings (SSSR count). The Hall–Kier alpha value is -0.120. The van der Waals surface area contributed by atoms with Crippen LogP contribution in [0.25, 0.3) is 0 Å². The van der Waals surface area contributed by atoms with Crippen molar-refractivity contribution < 1.29 is 14.9 Å². The number of ether oxygens (including phenoxy) is 1. The van der Waals surface area contributed by atoms with E-state index in [-0.39, 0.29) is 17.6 Å². The maximum Gasteiger partial charge on any atom is 0.0856 e. The van der Waals surface area contributed by atoms with Crippen molar-refractivity contribution in [3.8, 4) is 0 Å². The van der Waals surface area contributed by atoms with Crippen molar-refractivity contribution >= 4 is 0 Å². The molecule has 188 valence electrons. The Morgan fingerprint density at radius 1 is 0.758 bits per heavy atom. The highest BCUT2D eigenvalue weighted by Gasteiger charge is 2.82. The summed E-state index contributed by atoms with van der Waals surface area (Å²) >= 11 is 0. The maximum absolute atomic E-state index is 10.9. The Morgan fingerprint density at radius 3 is 2.12 bits per heavy atom. The van der Waals surface area contributed by atoms with Gasteiger partial charge in [-0.05, 0) is 135 Å². The van der Waals surface area contributed by atoms with E-state index in [1.54, 1.807) is 0 Å². The summed E-state index contributed by atoms with van der Waals surface area (Å²) in [5, 5.41) is 21.3. The monoisotopic (exact) mass is 458 g/mol. The number of hydrogen-bond acceptors (Lipinski definition) is 3. The van der Waals surface area contributed by atoms with Gasteiger partial charge >= 0.3 is 0 Å². The summed E-state index contributed by atoms with van der Waals surface area (Å²) in [7, 11) is 0. The minimum Gasteiger partial charge on any atom is -0.393 e. The lowest BCUT2D eigenvalue weighted by atomic mass is 9.41. The number of fused-ring (bicyclic) bond motifs is 2. The van der Waals surface area contributed by atoms with Gasteiger partial charge in [0.25, 0.3) is 0 Å². The number of hydrogen-bond donors (Lipinski definition) is 2. The molecule has 33 heavy (non-hydrogen) atoms. The zero-order chi connectivity index (χ0) is 23.7. The molecule has 0 amide bonds. The van der Waals surface area contributed by atoms with Crippen LogP contribution in [0.15, 0.2) is 0 Å². The molecule has 1 saturated heterocycles. The van der Waals surface area contributed by atoms with Crippen LogP contribution >= 0.6 is 0 Å². The molecular weight excluding hydrogens is 408 g/mol. The van der Waals surface area contributed by atoms with Crippen LogP contribution < -0.4 is 0 Å². The first-order valence-corrected chi connectivity index (χ1v) is 14.3. The van der Waals surface area contributed by atoms with E-state index in [1.807, 2.05) is 13.8 Å². The first-order valence-electron chi connectivity index (χ1n) is 14.3. The molecule has 2 N–H and O–H groups in total. The molecule has 0 radical (unpaired) electrons. The third kappa shape index (κ3) is 2.74. The number of aliphatic hydroxyl groups excluding tert-OH is 1. The molecule has 6 fully saturated rings. The first-order chi connectivity index (χ1) is 15.3. The fraction of sp³-hybridized carbons (Fsp3) is 1.00. The molecule has 10 atom stereocenters. The van der Waals surface area contributed by atoms with Crippen molar-refractivity contribution in [1.82, 2.24) is 0 Å². The second-order valence-electron chi connectivity index (χ2n) is 15.3. The lowest BCUT2D eigenvalue weighted by Gasteiger charge is -2.63. The molecule has 0 bridgehead atoms. The molecule has 1 heterocycles. The molecule has 5 aliphatic carbocycles. The number of rotatable bonds is 2. The van der Waals surface area contributed by atoms with Crippen LogP contribution in [0.1, 0.15) is 112 Å². The highest BCUT2D eigenvalue weighted by molar-refractivity contribution is 5.30. The summed E-state index contributed by atoms with van der Waals surface area (Å²) in [6.07, 6.45) is 14.2. The third-order valence-electron chi connectivity index (χ3n) is 13.8. The van der Waals surface area contributed by atoms with E-state index in [0.717, 1.165) is 37.2 Å². The topological polar surface area (TPSA) is 49.7 Å². The van der Waals surface area contributed by atoms with Gasteiger partial charge in [0.1, 0.15) is 0 Å². The van der Waals surface area contributed by atoms with Crippen molar-refractivity contribution in [2.45, 2.75) is 130 Å². The predicted molar refractivity (Wildman–Crippen MR) is 132 cm³/mol. The van der Waals surface area contributed by atoms with E-state index < -0.39 is 5.60 Å². The Labute approximate surface area is 202 Å². The first kappa shape index (κ1) is 23.3. The summed E-state index contributed by atoms with van der Waals surface area (Å²) in [4.78, 5) is 0. The molecule has 2 unspecified atom stereocenters. The van der Waals surface area contributed by atoms with E-state index in [0.29, 0.717) is 27.6 Å². The molecule has 3 nitrogen and oxygen atoms in total. The Balaban J connectivity index is 1.25. The quantitative estimate of drug-likeness (QED) is 0.507. The lowest BCUT2D eigenvalue weighted by molar-refractivity contribution is -0.172. The highest BCUT2D eigenvalue weighted by Crippen LogP contribution is 2.89. The standard InChI is InChI=1S/C30H50O3/c1-25(2)21-8-9-22-28(6)13-11-20(19-7-10-24(33-17-19)26(3,4)32)27(28,5)15-16-30(22)18-29(21,30)14-12-23(25)31/h19-24,31-32H,7-18H2,1-6H3/t19-,20+,21-,22-,23?,24?,27+,28-,29+,30-/m0/s1. The molecule has 2 spiro atoms. The molecule has 0 aromatic rings. The van der Waals surface area contributed by atoms with Gasteiger partial charge in [0, 0.05) is 0 Å². The van der Waals surface area contributed by atoms with Gasteiger partial charge in [-0.25, -0.2) is 0 Å².